The molecule has 2 aromatic rings. The first-order chi connectivity index (χ1) is 9.61. The molecule has 0 atom stereocenters. The maximum Gasteiger partial charge on any atom is 0.274 e. The van der Waals surface area contributed by atoms with Crippen LogP contribution in [-0.4, -0.2) is 16.0 Å². The zero-order valence-electron chi connectivity index (χ0n) is 11.2. The molecule has 106 valence electrons. The summed E-state index contributed by atoms with van der Waals surface area (Å²) in [6, 6.07) is 7.34. The number of rotatable bonds is 6. The predicted molar refractivity (Wildman–Crippen MR) is 74.0 cm³/mol. The molecule has 6 heteroatoms. The Bertz CT molecular complexity index is 610. The van der Waals surface area contributed by atoms with E-state index in [1.165, 1.54) is 12.1 Å². The molecule has 0 amide bonds. The SMILES string of the molecule is CCNCc1cccn1Cc1cc(F)ccc1[N+](=O)[O-]. The number of nitrogens with zero attached hydrogens (tertiary/aromatic N) is 2. The van der Waals surface area contributed by atoms with Crippen LogP contribution in [0.25, 0.3) is 0 Å². The molecule has 0 saturated carbocycles. The van der Waals surface area contributed by atoms with E-state index in [1.54, 1.807) is 0 Å². The second-order valence-electron chi connectivity index (χ2n) is 4.44. The fraction of sp³-hybridized carbons (Fsp3) is 0.286. The summed E-state index contributed by atoms with van der Waals surface area (Å²) in [6.07, 6.45) is 1.83. The van der Waals surface area contributed by atoms with Crippen molar-refractivity contribution in [3.63, 3.8) is 0 Å². The van der Waals surface area contributed by atoms with E-state index in [0.717, 1.165) is 18.3 Å². The molecule has 1 aromatic carbocycles. The van der Waals surface area contributed by atoms with E-state index < -0.39 is 10.7 Å². The minimum absolute atomic E-state index is 0.0606. The van der Waals surface area contributed by atoms with Gasteiger partial charge in [0, 0.05) is 24.5 Å². The predicted octanol–water partition coefficient (Wildman–Crippen LogP) is 2.69. The van der Waals surface area contributed by atoms with Crippen LogP contribution in [0.5, 0.6) is 0 Å². The van der Waals surface area contributed by atoms with E-state index in [2.05, 4.69) is 5.32 Å². The minimum Gasteiger partial charge on any atom is -0.346 e. The van der Waals surface area contributed by atoms with Crippen molar-refractivity contribution in [2.75, 3.05) is 6.54 Å². The summed E-state index contributed by atoms with van der Waals surface area (Å²) in [7, 11) is 0. The lowest BCUT2D eigenvalue weighted by Crippen LogP contribution is -2.15. The molecule has 0 aliphatic heterocycles. The smallest absolute Gasteiger partial charge is 0.274 e. The Labute approximate surface area is 116 Å². The van der Waals surface area contributed by atoms with Crippen molar-refractivity contribution in [2.24, 2.45) is 0 Å². The zero-order chi connectivity index (χ0) is 14.5. The molecule has 1 N–H and O–H groups in total. The van der Waals surface area contributed by atoms with Crippen molar-refractivity contribution in [2.45, 2.75) is 20.0 Å². The largest absolute Gasteiger partial charge is 0.346 e. The third-order valence-electron chi connectivity index (χ3n) is 3.06. The molecule has 0 fully saturated rings. The van der Waals surface area contributed by atoms with E-state index >= 15 is 0 Å². The molecule has 0 unspecified atom stereocenters. The quantitative estimate of drug-likeness (QED) is 0.652. The summed E-state index contributed by atoms with van der Waals surface area (Å²) >= 11 is 0. The van der Waals surface area contributed by atoms with Crippen LogP contribution in [0.15, 0.2) is 36.5 Å². The molecule has 1 aromatic heterocycles. The van der Waals surface area contributed by atoms with E-state index in [-0.39, 0.29) is 12.2 Å². The second-order valence-corrected chi connectivity index (χ2v) is 4.44. The van der Waals surface area contributed by atoms with Gasteiger partial charge < -0.3 is 9.88 Å². The van der Waals surface area contributed by atoms with Crippen LogP contribution in [0.1, 0.15) is 18.2 Å². The van der Waals surface area contributed by atoms with Crippen LogP contribution in [0.2, 0.25) is 0 Å². The van der Waals surface area contributed by atoms with Gasteiger partial charge in [0.15, 0.2) is 0 Å². The number of benzene rings is 1. The molecule has 0 spiro atoms. The lowest BCUT2D eigenvalue weighted by molar-refractivity contribution is -0.385. The number of hydrogen-bond acceptors (Lipinski definition) is 3. The minimum atomic E-state index is -0.484. The number of nitrogens with one attached hydrogen (secondary N) is 1. The highest BCUT2D eigenvalue weighted by molar-refractivity contribution is 5.40. The molecule has 5 nitrogen and oxygen atoms in total. The highest BCUT2D eigenvalue weighted by atomic mass is 19.1. The van der Waals surface area contributed by atoms with Crippen LogP contribution in [-0.2, 0) is 13.1 Å². The third kappa shape index (κ3) is 3.21. The Balaban J connectivity index is 2.28. The number of hydrogen-bond donors (Lipinski definition) is 1. The number of nitro groups is 1. The summed E-state index contributed by atoms with van der Waals surface area (Å²) < 4.78 is 15.2. The monoisotopic (exact) mass is 277 g/mol. The Morgan fingerprint density at radius 1 is 1.40 bits per heavy atom. The summed E-state index contributed by atoms with van der Waals surface area (Å²) in [6.45, 7) is 3.80. The van der Waals surface area contributed by atoms with Gasteiger partial charge in [-0.25, -0.2) is 4.39 Å². The van der Waals surface area contributed by atoms with Gasteiger partial charge >= 0.3 is 0 Å². The van der Waals surface area contributed by atoms with Gasteiger partial charge in [-0.05, 0) is 30.8 Å². The normalized spacial score (nSPS) is 10.7. The first kappa shape index (κ1) is 14.2. The third-order valence-corrected chi connectivity index (χ3v) is 3.06. The van der Waals surface area contributed by atoms with Crippen molar-refractivity contribution >= 4 is 5.69 Å². The highest BCUT2D eigenvalue weighted by Gasteiger charge is 2.15. The van der Waals surface area contributed by atoms with Crippen molar-refractivity contribution in [1.29, 1.82) is 0 Å². The maximum atomic E-state index is 13.3. The molecule has 1 heterocycles. The van der Waals surface area contributed by atoms with Gasteiger partial charge in [0.2, 0.25) is 0 Å². The maximum absolute atomic E-state index is 13.3. The van der Waals surface area contributed by atoms with Crippen molar-refractivity contribution in [1.82, 2.24) is 9.88 Å². The standard InChI is InChI=1S/C14H16FN3O2/c1-2-16-9-13-4-3-7-17(13)10-11-8-12(15)5-6-14(11)18(19)20/h3-8,16H,2,9-10H2,1H3. The molecule has 0 radical (unpaired) electrons. The van der Waals surface area contributed by atoms with Crippen molar-refractivity contribution < 1.29 is 9.31 Å². The van der Waals surface area contributed by atoms with Crippen molar-refractivity contribution in [3.8, 4) is 0 Å². The second kappa shape index (κ2) is 6.29. The fourth-order valence-corrected chi connectivity index (χ4v) is 2.06. The Morgan fingerprint density at radius 3 is 2.90 bits per heavy atom. The Kier molecular flexibility index (Phi) is 4.47. The summed E-state index contributed by atoms with van der Waals surface area (Å²) in [5.41, 5.74) is 1.31. The van der Waals surface area contributed by atoms with E-state index in [0.29, 0.717) is 12.1 Å². The topological polar surface area (TPSA) is 60.1 Å². The zero-order valence-corrected chi connectivity index (χ0v) is 11.2. The van der Waals surface area contributed by atoms with Crippen LogP contribution in [0.3, 0.4) is 0 Å². The van der Waals surface area contributed by atoms with Gasteiger partial charge in [-0.1, -0.05) is 6.92 Å². The van der Waals surface area contributed by atoms with Crippen LogP contribution < -0.4 is 5.32 Å². The number of nitro benzene ring substituents is 1. The molecular formula is C14H16FN3O2. The highest BCUT2D eigenvalue weighted by Crippen LogP contribution is 2.21. The first-order valence-electron chi connectivity index (χ1n) is 6.39. The average molecular weight is 277 g/mol. The van der Waals surface area contributed by atoms with E-state index in [4.69, 9.17) is 0 Å². The molecule has 0 aliphatic rings. The van der Waals surface area contributed by atoms with Gasteiger partial charge in [-0.2, -0.15) is 0 Å². The van der Waals surface area contributed by atoms with E-state index in [9.17, 15) is 14.5 Å². The number of halogens is 1. The molecule has 20 heavy (non-hydrogen) atoms. The fourth-order valence-electron chi connectivity index (χ4n) is 2.06. The summed E-state index contributed by atoms with van der Waals surface area (Å²) in [5, 5.41) is 14.2. The first-order valence-corrected chi connectivity index (χ1v) is 6.39. The Hall–Kier alpha value is -2.21. The molecule has 2 rings (SSSR count). The van der Waals surface area contributed by atoms with Gasteiger partial charge in [0.1, 0.15) is 5.82 Å². The summed E-state index contributed by atoms with van der Waals surface area (Å²) in [4.78, 5) is 10.5. The molecule has 0 saturated heterocycles. The van der Waals surface area contributed by atoms with Crippen LogP contribution >= 0.6 is 0 Å². The van der Waals surface area contributed by atoms with Gasteiger partial charge in [-0.15, -0.1) is 0 Å². The van der Waals surface area contributed by atoms with Crippen LogP contribution in [0.4, 0.5) is 10.1 Å². The average Bonchev–Trinajstić information content (AvgIpc) is 2.83. The lowest BCUT2D eigenvalue weighted by Gasteiger charge is -2.10. The lowest BCUT2D eigenvalue weighted by atomic mass is 10.1. The van der Waals surface area contributed by atoms with Gasteiger partial charge in [-0.3, -0.25) is 10.1 Å². The van der Waals surface area contributed by atoms with Crippen molar-refractivity contribution in [3.05, 3.63) is 63.7 Å². The van der Waals surface area contributed by atoms with E-state index in [1.807, 2.05) is 29.8 Å². The molecule has 0 bridgehead atoms. The summed E-state index contributed by atoms with van der Waals surface area (Å²) in [5.74, 6) is -0.467. The van der Waals surface area contributed by atoms with Crippen LogP contribution in [0, 0.1) is 15.9 Å². The molecule has 0 aliphatic carbocycles. The van der Waals surface area contributed by atoms with Gasteiger partial charge in [0.25, 0.3) is 5.69 Å². The number of aromatic nitrogens is 1. The Morgan fingerprint density at radius 2 is 2.20 bits per heavy atom. The van der Waals surface area contributed by atoms with Gasteiger partial charge in [0.05, 0.1) is 17.0 Å². The molecular weight excluding hydrogens is 261 g/mol.